The van der Waals surface area contributed by atoms with Gasteiger partial charge < -0.3 is 9.25 Å². The van der Waals surface area contributed by atoms with Crippen molar-refractivity contribution < 1.29 is 9.25 Å². The molecule has 136 valence electrons. The van der Waals surface area contributed by atoms with E-state index in [-0.39, 0.29) is 5.92 Å². The van der Waals surface area contributed by atoms with Gasteiger partial charge in [0.25, 0.3) is 0 Å². The number of hydrogen-bond donors (Lipinski definition) is 0. The van der Waals surface area contributed by atoms with Crippen LogP contribution < -0.4 is 10.6 Å². The third-order valence-corrected chi connectivity index (χ3v) is 5.86. The average molecular weight is 343 g/mol. The van der Waals surface area contributed by atoms with Crippen LogP contribution >= 0.6 is 0 Å². The smallest absolute Gasteiger partial charge is 0.414 e. The summed E-state index contributed by atoms with van der Waals surface area (Å²) in [6, 6.07) is 10.5. The average Bonchev–Trinajstić information content (AvgIpc) is 2.99. The molecule has 25 heavy (non-hydrogen) atoms. The Bertz CT molecular complexity index is 733. The van der Waals surface area contributed by atoms with Crippen LogP contribution in [0.4, 0.5) is 0 Å². The molecule has 1 saturated carbocycles. The van der Waals surface area contributed by atoms with Crippen molar-refractivity contribution in [3.63, 3.8) is 0 Å². The zero-order chi connectivity index (χ0) is 18.0. The fourth-order valence-electron chi connectivity index (χ4n) is 4.38. The van der Waals surface area contributed by atoms with Crippen LogP contribution in [0.3, 0.4) is 0 Å². The second kappa shape index (κ2) is 7.11. The third kappa shape index (κ3) is 3.68. The Morgan fingerprint density at radius 2 is 1.92 bits per heavy atom. The predicted molar refractivity (Wildman–Crippen MR) is 98.5 cm³/mol. The Labute approximate surface area is 149 Å². The quantitative estimate of drug-likeness (QED) is 0.802. The number of benzene rings is 1. The molecule has 4 atom stereocenters. The molecule has 1 fully saturated rings. The van der Waals surface area contributed by atoms with Crippen LogP contribution in [0.15, 0.2) is 52.0 Å². The van der Waals surface area contributed by atoms with Gasteiger partial charge in [-0.15, -0.1) is 4.73 Å². The summed E-state index contributed by atoms with van der Waals surface area (Å²) in [5.74, 6) is 1.45. The zero-order valence-electron chi connectivity index (χ0n) is 15.6. The summed E-state index contributed by atoms with van der Waals surface area (Å²) >= 11 is 0. The Morgan fingerprint density at radius 3 is 2.52 bits per heavy atom. The zero-order valence-corrected chi connectivity index (χ0v) is 15.6. The number of rotatable bonds is 5. The maximum Gasteiger partial charge on any atom is 0.452 e. The molecule has 4 heteroatoms. The van der Waals surface area contributed by atoms with Crippen LogP contribution in [-0.4, -0.2) is 10.3 Å². The first kappa shape index (κ1) is 17.8. The molecule has 0 aliphatic heterocycles. The molecule has 0 radical (unpaired) electrons. The van der Waals surface area contributed by atoms with Gasteiger partial charge in [-0.3, -0.25) is 0 Å². The van der Waals surface area contributed by atoms with E-state index in [0.29, 0.717) is 17.8 Å². The molecule has 2 aromatic rings. The summed E-state index contributed by atoms with van der Waals surface area (Å²) < 4.78 is 6.19. The van der Waals surface area contributed by atoms with Gasteiger partial charge in [0.05, 0.1) is 6.20 Å². The van der Waals surface area contributed by atoms with Gasteiger partial charge in [-0.2, -0.15) is 0 Å². The molecule has 3 unspecified atom stereocenters. The number of hydrogen-bond acceptors (Lipinski definition) is 3. The van der Waals surface area contributed by atoms with Crippen molar-refractivity contribution in [2.45, 2.75) is 58.5 Å². The molecule has 1 aliphatic rings. The second-order valence-electron chi connectivity index (χ2n) is 8.04. The van der Waals surface area contributed by atoms with Crippen LogP contribution in [-0.2, 0) is 0 Å². The second-order valence-corrected chi connectivity index (χ2v) is 8.04. The van der Waals surface area contributed by atoms with Crippen LogP contribution in [0.1, 0.15) is 58.4 Å². The van der Waals surface area contributed by atoms with Crippen LogP contribution in [0.2, 0.25) is 0 Å². The summed E-state index contributed by atoms with van der Waals surface area (Å²) in [6.07, 6.45) is 6.05. The number of nitrogens with zero attached hydrogens (tertiary/aromatic N) is 1. The van der Waals surface area contributed by atoms with Gasteiger partial charge in [-0.05, 0) is 42.6 Å². The van der Waals surface area contributed by atoms with Crippen molar-refractivity contribution in [2.24, 2.45) is 17.8 Å². The van der Waals surface area contributed by atoms with E-state index in [2.05, 4.69) is 52.0 Å². The van der Waals surface area contributed by atoms with Gasteiger partial charge in [0.15, 0.2) is 0 Å². The summed E-state index contributed by atoms with van der Waals surface area (Å²) in [7, 11) is 0. The summed E-state index contributed by atoms with van der Waals surface area (Å²) in [6.45, 7) is 9.08. The molecule has 1 aromatic carbocycles. The molecular formula is C21H29NO3. The van der Waals surface area contributed by atoms with Crippen LogP contribution in [0.5, 0.6) is 0 Å². The van der Waals surface area contributed by atoms with Gasteiger partial charge in [0.1, 0.15) is 11.9 Å². The minimum absolute atomic E-state index is 0.180. The molecule has 0 N–H and O–H groups in total. The van der Waals surface area contributed by atoms with Gasteiger partial charge in [-0.1, -0.05) is 58.0 Å². The molecule has 1 aliphatic carbocycles. The highest BCUT2D eigenvalue weighted by molar-refractivity contribution is 5.23. The molecule has 1 heterocycles. The van der Waals surface area contributed by atoms with E-state index in [1.165, 1.54) is 23.0 Å². The van der Waals surface area contributed by atoms with Gasteiger partial charge in [-0.25, -0.2) is 4.79 Å². The number of oxazole rings is 1. The highest BCUT2D eigenvalue weighted by Gasteiger charge is 2.47. The maximum atomic E-state index is 12.0. The van der Waals surface area contributed by atoms with Gasteiger partial charge >= 0.3 is 5.76 Å². The lowest BCUT2D eigenvalue weighted by atomic mass is 9.64. The minimum Gasteiger partial charge on any atom is -0.414 e. The summed E-state index contributed by atoms with van der Waals surface area (Å²) in [4.78, 5) is 18.4. The van der Waals surface area contributed by atoms with E-state index < -0.39 is 11.4 Å². The molecule has 0 amide bonds. The Kier molecular flexibility index (Phi) is 5.07. The molecule has 0 bridgehead atoms. The lowest BCUT2D eigenvalue weighted by molar-refractivity contribution is -0.124. The van der Waals surface area contributed by atoms with E-state index >= 15 is 0 Å². The Morgan fingerprint density at radius 1 is 1.20 bits per heavy atom. The monoisotopic (exact) mass is 343 g/mol. The van der Waals surface area contributed by atoms with Crippen molar-refractivity contribution in [3.8, 4) is 0 Å². The highest BCUT2D eigenvalue weighted by atomic mass is 16.7. The Balaban J connectivity index is 2.01. The predicted octanol–water partition coefficient (Wildman–Crippen LogP) is 4.50. The first-order valence-corrected chi connectivity index (χ1v) is 9.32. The van der Waals surface area contributed by atoms with Gasteiger partial charge in [0, 0.05) is 5.92 Å². The topological polar surface area (TPSA) is 44.4 Å². The van der Waals surface area contributed by atoms with E-state index in [4.69, 9.17) is 9.25 Å². The Hall–Kier alpha value is -1.97. The molecule has 4 nitrogen and oxygen atoms in total. The summed E-state index contributed by atoms with van der Waals surface area (Å²) in [5, 5.41) is 0. The summed E-state index contributed by atoms with van der Waals surface area (Å²) in [5.41, 5.74) is 0.831. The lowest BCUT2D eigenvalue weighted by Crippen LogP contribution is -2.52. The van der Waals surface area contributed by atoms with Crippen molar-refractivity contribution in [2.75, 3.05) is 0 Å². The first-order chi connectivity index (χ1) is 11.9. The number of aromatic nitrogens is 1. The molecule has 1 aromatic heterocycles. The molecule has 0 spiro atoms. The van der Waals surface area contributed by atoms with E-state index in [0.717, 1.165) is 12.8 Å². The minimum atomic E-state index is -0.459. The standard InChI is InChI=1S/C21H29NO3/c1-15(2)19-12-16(3)13-21(14-19,25-22-10-11-24-20(22)23)17(4)18-8-6-5-7-9-18/h5-11,15-17,19H,12-14H2,1-4H3/t16?,17?,19-,21?/m0/s1. The normalized spacial score (nSPS) is 28.0. The van der Waals surface area contributed by atoms with Crippen molar-refractivity contribution in [1.82, 2.24) is 4.73 Å². The van der Waals surface area contributed by atoms with E-state index in [1.54, 1.807) is 6.20 Å². The largest absolute Gasteiger partial charge is 0.452 e. The highest BCUT2D eigenvalue weighted by Crippen LogP contribution is 2.47. The van der Waals surface area contributed by atoms with Crippen molar-refractivity contribution >= 4 is 0 Å². The van der Waals surface area contributed by atoms with E-state index in [1.807, 2.05) is 6.07 Å². The van der Waals surface area contributed by atoms with Gasteiger partial charge in [0.2, 0.25) is 0 Å². The van der Waals surface area contributed by atoms with E-state index in [9.17, 15) is 4.79 Å². The van der Waals surface area contributed by atoms with Crippen molar-refractivity contribution in [1.29, 1.82) is 0 Å². The van der Waals surface area contributed by atoms with Crippen LogP contribution in [0.25, 0.3) is 0 Å². The molecule has 0 saturated heterocycles. The fourth-order valence-corrected chi connectivity index (χ4v) is 4.38. The lowest BCUT2D eigenvalue weighted by Gasteiger charge is -2.47. The van der Waals surface area contributed by atoms with Crippen LogP contribution in [0, 0.1) is 17.8 Å². The van der Waals surface area contributed by atoms with Crippen molar-refractivity contribution in [3.05, 3.63) is 58.9 Å². The molecule has 3 rings (SSSR count). The first-order valence-electron chi connectivity index (χ1n) is 9.32. The maximum absolute atomic E-state index is 12.0. The fraction of sp³-hybridized carbons (Fsp3) is 0.571. The molecular weight excluding hydrogens is 314 g/mol. The third-order valence-electron chi connectivity index (χ3n) is 5.86. The SMILES string of the molecule is CC1C[C@H](C(C)C)CC(On2ccoc2=O)(C(C)c2ccccc2)C1.